The first-order chi connectivity index (χ1) is 12.9. The van der Waals surface area contributed by atoms with Crippen LogP contribution >= 0.6 is 23.2 Å². The van der Waals surface area contributed by atoms with Gasteiger partial charge in [-0.05, 0) is 37.8 Å². The number of carbonyl (C=O) groups is 1. The summed E-state index contributed by atoms with van der Waals surface area (Å²) >= 11 is 12.8. The van der Waals surface area contributed by atoms with Crippen LogP contribution in [0.4, 0.5) is 0 Å². The van der Waals surface area contributed by atoms with E-state index in [1.54, 1.807) is 12.1 Å². The molecule has 1 unspecified atom stereocenters. The van der Waals surface area contributed by atoms with Crippen LogP contribution in [-0.4, -0.2) is 17.0 Å². The predicted octanol–water partition coefficient (Wildman–Crippen LogP) is 6.19. The molecule has 0 N–H and O–H groups in total. The third-order valence-corrected chi connectivity index (χ3v) is 6.25. The van der Waals surface area contributed by atoms with Gasteiger partial charge in [0.15, 0.2) is 0 Å². The Labute approximate surface area is 169 Å². The molecule has 2 aliphatic rings. The monoisotopic (exact) mass is 407 g/mol. The zero-order valence-electron chi connectivity index (χ0n) is 15.6. The second-order valence-electron chi connectivity index (χ2n) is 8.23. The molecule has 1 heterocycles. The number of ether oxygens (including phenoxy) is 1. The van der Waals surface area contributed by atoms with Crippen molar-refractivity contribution in [3.63, 3.8) is 0 Å². The fraction of sp³-hybridized carbons (Fsp3) is 0.524. The molecule has 4 rings (SSSR count). The van der Waals surface area contributed by atoms with Gasteiger partial charge in [0.05, 0.1) is 22.8 Å². The molecule has 144 valence electrons. The van der Waals surface area contributed by atoms with E-state index in [1.165, 1.54) is 0 Å². The first-order valence-electron chi connectivity index (χ1n) is 9.44. The number of halogens is 2. The van der Waals surface area contributed by atoms with E-state index in [0.717, 1.165) is 37.0 Å². The standard InChI is InChI=1S/C21H23Cl2NO3/c1-21(2)10-13(8-9-17(21)25)26-11-14-19(24-27-20(14)12-6-7-12)18-15(22)4-3-5-16(18)23/h3-5,12-13H,6-11H2,1-2H3. The molecule has 0 spiro atoms. The van der Waals surface area contributed by atoms with Crippen molar-refractivity contribution in [3.8, 4) is 11.3 Å². The van der Waals surface area contributed by atoms with Gasteiger partial charge in [-0.15, -0.1) is 0 Å². The molecule has 0 radical (unpaired) electrons. The fourth-order valence-corrected chi connectivity index (χ4v) is 4.38. The molecule has 1 aromatic carbocycles. The van der Waals surface area contributed by atoms with Crippen LogP contribution in [0.15, 0.2) is 22.7 Å². The maximum absolute atomic E-state index is 12.1. The minimum atomic E-state index is -0.328. The zero-order chi connectivity index (χ0) is 19.2. The Kier molecular flexibility index (Phi) is 5.08. The van der Waals surface area contributed by atoms with Crippen LogP contribution in [0.5, 0.6) is 0 Å². The molecule has 2 aromatic rings. The average molecular weight is 408 g/mol. The van der Waals surface area contributed by atoms with E-state index in [2.05, 4.69) is 5.16 Å². The highest BCUT2D eigenvalue weighted by Gasteiger charge is 2.37. The molecule has 27 heavy (non-hydrogen) atoms. The molecule has 2 fully saturated rings. The van der Waals surface area contributed by atoms with E-state index in [-0.39, 0.29) is 11.5 Å². The van der Waals surface area contributed by atoms with Crippen molar-refractivity contribution in [2.24, 2.45) is 5.41 Å². The Morgan fingerprint density at radius 3 is 2.56 bits per heavy atom. The minimum Gasteiger partial charge on any atom is -0.373 e. The summed E-state index contributed by atoms with van der Waals surface area (Å²) in [5.74, 6) is 1.59. The number of aromatic nitrogens is 1. The van der Waals surface area contributed by atoms with Gasteiger partial charge in [0, 0.05) is 28.9 Å². The molecule has 0 amide bonds. The average Bonchev–Trinajstić information content (AvgIpc) is 3.37. The normalized spacial score (nSPS) is 22.2. The Bertz CT molecular complexity index is 850. The van der Waals surface area contributed by atoms with Gasteiger partial charge >= 0.3 is 0 Å². The summed E-state index contributed by atoms with van der Waals surface area (Å²) in [6.45, 7) is 4.38. The Hall–Kier alpha value is -1.36. The number of hydrogen-bond donors (Lipinski definition) is 0. The molecular formula is C21H23Cl2NO3. The number of benzene rings is 1. The highest BCUT2D eigenvalue weighted by Crippen LogP contribution is 2.46. The lowest BCUT2D eigenvalue weighted by atomic mass is 9.75. The summed E-state index contributed by atoms with van der Waals surface area (Å²) in [6.07, 6.45) is 4.31. The largest absolute Gasteiger partial charge is 0.373 e. The molecule has 0 saturated heterocycles. The second kappa shape index (κ2) is 7.23. The highest BCUT2D eigenvalue weighted by molar-refractivity contribution is 6.39. The van der Waals surface area contributed by atoms with Gasteiger partial charge in [0.1, 0.15) is 17.2 Å². The third kappa shape index (κ3) is 3.80. The summed E-state index contributed by atoms with van der Waals surface area (Å²) < 4.78 is 11.9. The summed E-state index contributed by atoms with van der Waals surface area (Å²) in [5, 5.41) is 5.39. The molecule has 1 atom stereocenters. The van der Waals surface area contributed by atoms with E-state index in [9.17, 15) is 4.79 Å². The zero-order valence-corrected chi connectivity index (χ0v) is 17.1. The Morgan fingerprint density at radius 1 is 1.22 bits per heavy atom. The van der Waals surface area contributed by atoms with Crippen molar-refractivity contribution in [3.05, 3.63) is 39.6 Å². The van der Waals surface area contributed by atoms with Crippen LogP contribution in [0.25, 0.3) is 11.3 Å². The molecule has 0 bridgehead atoms. The molecule has 0 aliphatic heterocycles. The molecule has 2 aliphatic carbocycles. The van der Waals surface area contributed by atoms with Crippen molar-refractivity contribution in [1.29, 1.82) is 0 Å². The molecule has 4 nitrogen and oxygen atoms in total. The fourth-order valence-electron chi connectivity index (χ4n) is 3.81. The second-order valence-corrected chi connectivity index (χ2v) is 9.04. The molecule has 6 heteroatoms. The van der Waals surface area contributed by atoms with Gasteiger partial charge in [0.2, 0.25) is 0 Å². The first kappa shape index (κ1) is 19.0. The number of carbonyl (C=O) groups excluding carboxylic acids is 1. The maximum atomic E-state index is 12.1. The lowest BCUT2D eigenvalue weighted by Crippen LogP contribution is -2.36. The van der Waals surface area contributed by atoms with E-state index >= 15 is 0 Å². The number of rotatable bonds is 5. The smallest absolute Gasteiger partial charge is 0.145 e. The van der Waals surface area contributed by atoms with Crippen molar-refractivity contribution in [2.75, 3.05) is 0 Å². The van der Waals surface area contributed by atoms with Crippen molar-refractivity contribution >= 4 is 29.0 Å². The minimum absolute atomic E-state index is 0.0502. The Morgan fingerprint density at radius 2 is 1.93 bits per heavy atom. The van der Waals surface area contributed by atoms with Gasteiger partial charge in [-0.25, -0.2) is 0 Å². The first-order valence-corrected chi connectivity index (χ1v) is 10.2. The third-order valence-electron chi connectivity index (χ3n) is 5.62. The number of nitrogens with zero attached hydrogens (tertiary/aromatic N) is 1. The summed E-state index contributed by atoms with van der Waals surface area (Å²) in [5.41, 5.74) is 1.96. The number of ketones is 1. The maximum Gasteiger partial charge on any atom is 0.145 e. The van der Waals surface area contributed by atoms with Gasteiger partial charge in [0.25, 0.3) is 0 Å². The SMILES string of the molecule is CC1(C)CC(OCc2c(-c3c(Cl)cccc3Cl)noc2C2CC2)CCC1=O. The van der Waals surface area contributed by atoms with Crippen molar-refractivity contribution in [1.82, 2.24) is 5.16 Å². The number of Topliss-reactive ketones (excluding diaryl/α,β-unsaturated/α-hetero) is 1. The van der Waals surface area contributed by atoms with E-state index < -0.39 is 0 Å². The van der Waals surface area contributed by atoms with E-state index in [0.29, 0.717) is 46.0 Å². The van der Waals surface area contributed by atoms with Gasteiger partial charge in [-0.3, -0.25) is 4.79 Å². The molecular weight excluding hydrogens is 385 g/mol. The lowest BCUT2D eigenvalue weighted by molar-refractivity contribution is -0.134. The van der Waals surface area contributed by atoms with Crippen LogP contribution < -0.4 is 0 Å². The topological polar surface area (TPSA) is 52.3 Å². The summed E-state index contributed by atoms with van der Waals surface area (Å²) in [6, 6.07) is 5.41. The van der Waals surface area contributed by atoms with Gasteiger partial charge in [-0.1, -0.05) is 48.3 Å². The van der Waals surface area contributed by atoms with Crippen LogP contribution in [0, 0.1) is 5.41 Å². The lowest BCUT2D eigenvalue weighted by Gasteiger charge is -2.33. The summed E-state index contributed by atoms with van der Waals surface area (Å²) in [7, 11) is 0. The van der Waals surface area contributed by atoms with E-state index in [1.807, 2.05) is 19.9 Å². The van der Waals surface area contributed by atoms with E-state index in [4.69, 9.17) is 32.5 Å². The van der Waals surface area contributed by atoms with Crippen molar-refractivity contribution in [2.45, 2.75) is 64.6 Å². The summed E-state index contributed by atoms with van der Waals surface area (Å²) in [4.78, 5) is 12.1. The number of hydrogen-bond acceptors (Lipinski definition) is 4. The molecule has 1 aromatic heterocycles. The van der Waals surface area contributed by atoms with Gasteiger partial charge < -0.3 is 9.26 Å². The molecule has 2 saturated carbocycles. The van der Waals surface area contributed by atoms with Crippen LogP contribution in [-0.2, 0) is 16.1 Å². The predicted molar refractivity (Wildman–Crippen MR) is 105 cm³/mol. The quantitative estimate of drug-likeness (QED) is 0.592. The highest BCUT2D eigenvalue weighted by atomic mass is 35.5. The van der Waals surface area contributed by atoms with Crippen LogP contribution in [0.2, 0.25) is 10.0 Å². The van der Waals surface area contributed by atoms with Crippen molar-refractivity contribution < 1.29 is 14.1 Å². The Balaban J connectivity index is 1.60. The van der Waals surface area contributed by atoms with Gasteiger partial charge in [-0.2, -0.15) is 0 Å². The van der Waals surface area contributed by atoms with Crippen LogP contribution in [0.1, 0.15) is 63.2 Å². The van der Waals surface area contributed by atoms with Crippen LogP contribution in [0.3, 0.4) is 0 Å².